The van der Waals surface area contributed by atoms with E-state index in [4.69, 9.17) is 4.84 Å². The van der Waals surface area contributed by atoms with Crippen molar-refractivity contribution >= 4 is 0 Å². The predicted octanol–water partition coefficient (Wildman–Crippen LogP) is -1.16. The molecule has 1 unspecified atom stereocenters. The molecule has 0 aromatic carbocycles. The van der Waals surface area contributed by atoms with Gasteiger partial charge in [-0.2, -0.15) is 0 Å². The zero-order chi connectivity index (χ0) is 9.61. The molecule has 0 rings (SSSR count). The van der Waals surface area contributed by atoms with Crippen LogP contribution in [0.1, 0.15) is 6.92 Å². The van der Waals surface area contributed by atoms with E-state index in [9.17, 15) is 0 Å². The van der Waals surface area contributed by atoms with Crippen LogP contribution < -0.4 is 21.4 Å². The quantitative estimate of drug-likeness (QED) is 0.304. The van der Waals surface area contributed by atoms with E-state index in [1.807, 2.05) is 28.1 Å². The molecule has 0 aliphatic rings. The number of hydrogen-bond donors (Lipinski definition) is 4. The molecule has 0 aromatic heterocycles. The van der Waals surface area contributed by atoms with Crippen LogP contribution in [0.3, 0.4) is 0 Å². The monoisotopic (exact) mass is 176 g/mol. The summed E-state index contributed by atoms with van der Waals surface area (Å²) in [6, 6.07) is 0. The Labute approximate surface area is 74.2 Å². The third-order valence-electron chi connectivity index (χ3n) is 2.06. The summed E-state index contributed by atoms with van der Waals surface area (Å²) in [4.78, 5) is 5.25. The lowest BCUT2D eigenvalue weighted by Crippen LogP contribution is -2.65. The van der Waals surface area contributed by atoms with E-state index in [-0.39, 0.29) is 11.9 Å². The molecule has 5 nitrogen and oxygen atoms in total. The molecule has 0 aromatic rings. The Hall–Kier alpha value is -0.200. The van der Waals surface area contributed by atoms with Crippen molar-refractivity contribution in [2.45, 2.75) is 18.8 Å². The van der Waals surface area contributed by atoms with Gasteiger partial charge in [0.25, 0.3) is 0 Å². The second kappa shape index (κ2) is 5.45. The molecule has 12 heavy (non-hydrogen) atoms. The van der Waals surface area contributed by atoms with Crippen LogP contribution >= 0.6 is 0 Å². The lowest BCUT2D eigenvalue weighted by molar-refractivity contribution is -0.0809. The summed E-state index contributed by atoms with van der Waals surface area (Å²) >= 11 is 0. The van der Waals surface area contributed by atoms with Crippen LogP contribution in [-0.2, 0) is 4.84 Å². The average molecular weight is 176 g/mol. The maximum absolute atomic E-state index is 5.25. The van der Waals surface area contributed by atoms with Gasteiger partial charge in [-0.25, -0.2) is 5.48 Å². The van der Waals surface area contributed by atoms with Crippen molar-refractivity contribution < 1.29 is 4.84 Å². The van der Waals surface area contributed by atoms with Crippen molar-refractivity contribution in [1.82, 2.24) is 21.4 Å². The highest BCUT2D eigenvalue weighted by Gasteiger charge is 2.30. The summed E-state index contributed by atoms with van der Waals surface area (Å²) in [6.07, 6.45) is -0.141. The molecule has 74 valence electrons. The summed E-state index contributed by atoms with van der Waals surface area (Å²) < 4.78 is 0. The molecular weight excluding hydrogens is 156 g/mol. The van der Waals surface area contributed by atoms with Crippen LogP contribution in [0.25, 0.3) is 0 Å². The van der Waals surface area contributed by atoms with Gasteiger partial charge in [0.2, 0.25) is 0 Å². The lowest BCUT2D eigenvalue weighted by atomic mass is 10.1. The highest BCUT2D eigenvalue weighted by atomic mass is 16.7. The minimum Gasteiger partial charge on any atom is -0.299 e. The van der Waals surface area contributed by atoms with Crippen LogP contribution in [-0.4, -0.2) is 40.1 Å². The Balaban J connectivity index is 4.21. The summed E-state index contributed by atoms with van der Waals surface area (Å²) in [5, 5.41) is 9.29. The summed E-state index contributed by atoms with van der Waals surface area (Å²) in [6.45, 7) is 2.01. The lowest BCUT2D eigenvalue weighted by Gasteiger charge is -2.35. The Morgan fingerprint density at radius 3 is 1.83 bits per heavy atom. The van der Waals surface area contributed by atoms with E-state index < -0.39 is 0 Å². The molecule has 0 saturated carbocycles. The molecular formula is C7H20N4O. The van der Waals surface area contributed by atoms with Gasteiger partial charge in [0.15, 0.2) is 6.23 Å². The van der Waals surface area contributed by atoms with Crippen molar-refractivity contribution in [3.63, 3.8) is 0 Å². The predicted molar refractivity (Wildman–Crippen MR) is 49.5 cm³/mol. The molecule has 4 N–H and O–H groups in total. The first-order chi connectivity index (χ1) is 5.64. The topological polar surface area (TPSA) is 57.4 Å². The van der Waals surface area contributed by atoms with Gasteiger partial charge in [0.05, 0.1) is 0 Å². The zero-order valence-corrected chi connectivity index (χ0v) is 8.49. The number of hydroxylamine groups is 1. The molecule has 1 atom stereocenters. The standard InChI is InChI=1S/C7H20N4O/c1-7(9-3,10-4)6(8-2)12-11-5/h6,8-11H,1-5H3. The largest absolute Gasteiger partial charge is 0.299 e. The molecule has 0 radical (unpaired) electrons. The fourth-order valence-electron chi connectivity index (χ4n) is 0.970. The Morgan fingerprint density at radius 2 is 1.58 bits per heavy atom. The van der Waals surface area contributed by atoms with Crippen molar-refractivity contribution in [3.05, 3.63) is 0 Å². The summed E-state index contributed by atoms with van der Waals surface area (Å²) in [5.74, 6) is 0. The molecule has 0 saturated heterocycles. The Morgan fingerprint density at radius 1 is 1.08 bits per heavy atom. The van der Waals surface area contributed by atoms with Crippen LogP contribution in [0.2, 0.25) is 0 Å². The average Bonchev–Trinajstić information content (AvgIpc) is 2.13. The molecule has 0 aliphatic carbocycles. The van der Waals surface area contributed by atoms with E-state index in [1.165, 1.54) is 0 Å². The minimum atomic E-state index is -0.294. The van der Waals surface area contributed by atoms with Gasteiger partial charge in [0.1, 0.15) is 5.66 Å². The summed E-state index contributed by atoms with van der Waals surface area (Å²) in [7, 11) is 7.32. The maximum atomic E-state index is 5.25. The first-order valence-corrected chi connectivity index (χ1v) is 4.02. The third kappa shape index (κ3) is 2.69. The van der Waals surface area contributed by atoms with Gasteiger partial charge in [-0.15, -0.1) is 0 Å². The van der Waals surface area contributed by atoms with Crippen LogP contribution in [0.5, 0.6) is 0 Å². The fraction of sp³-hybridized carbons (Fsp3) is 1.00. The van der Waals surface area contributed by atoms with Crippen molar-refractivity contribution in [1.29, 1.82) is 0 Å². The van der Waals surface area contributed by atoms with Gasteiger partial charge in [-0.05, 0) is 28.1 Å². The van der Waals surface area contributed by atoms with Crippen molar-refractivity contribution in [2.75, 3.05) is 28.2 Å². The Kier molecular flexibility index (Phi) is 5.36. The third-order valence-corrected chi connectivity index (χ3v) is 2.06. The number of likely N-dealkylation sites (N-methyl/N-ethyl adjacent to an activating group) is 3. The highest BCUT2D eigenvalue weighted by Crippen LogP contribution is 2.04. The fourth-order valence-corrected chi connectivity index (χ4v) is 0.970. The second-order valence-electron chi connectivity index (χ2n) is 2.69. The number of rotatable bonds is 6. The van der Waals surface area contributed by atoms with Gasteiger partial charge in [-0.1, -0.05) is 0 Å². The SMILES string of the molecule is CNOC(NC)C(C)(NC)NC. The van der Waals surface area contributed by atoms with Crippen LogP contribution in [0, 0.1) is 0 Å². The molecule has 0 amide bonds. The smallest absolute Gasteiger partial charge is 0.160 e. The molecule has 5 heteroatoms. The van der Waals surface area contributed by atoms with Gasteiger partial charge in [0, 0.05) is 7.05 Å². The molecule has 0 bridgehead atoms. The van der Waals surface area contributed by atoms with E-state index in [1.54, 1.807) is 7.05 Å². The molecule has 0 aliphatic heterocycles. The number of nitrogens with one attached hydrogen (secondary N) is 4. The van der Waals surface area contributed by atoms with E-state index in [2.05, 4.69) is 21.4 Å². The summed E-state index contributed by atoms with van der Waals surface area (Å²) in [5.41, 5.74) is 2.36. The van der Waals surface area contributed by atoms with Gasteiger partial charge >= 0.3 is 0 Å². The van der Waals surface area contributed by atoms with Crippen LogP contribution in [0.4, 0.5) is 0 Å². The molecule has 0 fully saturated rings. The van der Waals surface area contributed by atoms with E-state index in [0.29, 0.717) is 0 Å². The molecule has 0 heterocycles. The van der Waals surface area contributed by atoms with Gasteiger partial charge < -0.3 is 0 Å². The van der Waals surface area contributed by atoms with E-state index in [0.717, 1.165) is 0 Å². The Bertz CT molecular complexity index is 116. The highest BCUT2D eigenvalue weighted by molar-refractivity contribution is 4.83. The van der Waals surface area contributed by atoms with Crippen LogP contribution in [0.15, 0.2) is 0 Å². The number of hydrogen-bond acceptors (Lipinski definition) is 5. The van der Waals surface area contributed by atoms with Gasteiger partial charge in [-0.3, -0.25) is 20.8 Å². The normalized spacial score (nSPS) is 14.8. The first-order valence-electron chi connectivity index (χ1n) is 4.02. The molecule has 0 spiro atoms. The zero-order valence-electron chi connectivity index (χ0n) is 8.49. The van der Waals surface area contributed by atoms with Crippen molar-refractivity contribution in [2.24, 2.45) is 0 Å². The first kappa shape index (κ1) is 11.8. The second-order valence-corrected chi connectivity index (χ2v) is 2.69. The van der Waals surface area contributed by atoms with E-state index >= 15 is 0 Å². The minimum absolute atomic E-state index is 0.141. The van der Waals surface area contributed by atoms with Crippen molar-refractivity contribution in [3.8, 4) is 0 Å². The maximum Gasteiger partial charge on any atom is 0.160 e.